The third-order valence-corrected chi connectivity index (χ3v) is 6.24. The molecule has 3 rings (SSSR count). The highest BCUT2D eigenvalue weighted by atomic mass is 35.5. The van der Waals surface area contributed by atoms with E-state index in [1.54, 1.807) is 29.2 Å². The van der Waals surface area contributed by atoms with Crippen LogP contribution in [0.2, 0.25) is 5.02 Å². The van der Waals surface area contributed by atoms with E-state index in [2.05, 4.69) is 0 Å². The highest BCUT2D eigenvalue weighted by molar-refractivity contribution is 7.91. The molecule has 132 valence electrons. The molecule has 1 atom stereocenters. The molecule has 0 radical (unpaired) electrons. The van der Waals surface area contributed by atoms with Crippen LogP contribution in [0.5, 0.6) is 0 Å². The van der Waals surface area contributed by atoms with Gasteiger partial charge < -0.3 is 9.32 Å². The van der Waals surface area contributed by atoms with Gasteiger partial charge >= 0.3 is 0 Å². The first kappa shape index (κ1) is 17.8. The Morgan fingerprint density at radius 3 is 2.72 bits per heavy atom. The minimum atomic E-state index is -3.10. The molecule has 7 heteroatoms. The van der Waals surface area contributed by atoms with Crippen molar-refractivity contribution in [2.45, 2.75) is 19.0 Å². The van der Waals surface area contributed by atoms with E-state index in [4.69, 9.17) is 16.0 Å². The minimum Gasteiger partial charge on any atom is -0.467 e. The quantitative estimate of drug-likeness (QED) is 0.748. The summed E-state index contributed by atoms with van der Waals surface area (Å²) in [7, 11) is -3.10. The standard InChI is InChI=1S/C18H18ClNO4S/c19-17-6-2-1-4-14(17)7-8-18(21)20(12-16-5-3-10-24-16)15-9-11-25(22,23)13-15/h1-8,10,15H,9,11-13H2/b8-7+. The number of sulfone groups is 1. The summed E-state index contributed by atoms with van der Waals surface area (Å²) >= 11 is 6.10. The summed E-state index contributed by atoms with van der Waals surface area (Å²) in [6.07, 6.45) is 5.04. The average Bonchev–Trinajstić information content (AvgIpc) is 3.20. The predicted octanol–water partition coefficient (Wildman–Crippen LogP) is 3.16. The van der Waals surface area contributed by atoms with Crippen LogP contribution in [-0.2, 0) is 21.2 Å². The van der Waals surface area contributed by atoms with Crippen molar-refractivity contribution < 1.29 is 17.6 Å². The number of halogens is 1. The molecule has 1 saturated heterocycles. The Morgan fingerprint density at radius 2 is 2.08 bits per heavy atom. The lowest BCUT2D eigenvalue weighted by molar-refractivity contribution is -0.128. The monoisotopic (exact) mass is 379 g/mol. The molecule has 0 saturated carbocycles. The van der Waals surface area contributed by atoms with Crippen molar-refractivity contribution in [1.29, 1.82) is 0 Å². The molecule has 0 aliphatic carbocycles. The fourth-order valence-electron chi connectivity index (χ4n) is 2.85. The van der Waals surface area contributed by atoms with E-state index in [-0.39, 0.29) is 30.0 Å². The molecule has 1 aliphatic heterocycles. The molecule has 0 bridgehead atoms. The zero-order valence-corrected chi connectivity index (χ0v) is 15.0. The zero-order chi connectivity index (χ0) is 17.9. The SMILES string of the molecule is O=C(/C=C/c1ccccc1Cl)N(Cc1ccco1)C1CCS(=O)(=O)C1. The number of benzene rings is 1. The van der Waals surface area contributed by atoms with Gasteiger partial charge in [0.25, 0.3) is 0 Å². The van der Waals surface area contributed by atoms with E-state index in [1.807, 2.05) is 18.2 Å². The predicted molar refractivity (Wildman–Crippen MR) is 96.8 cm³/mol. The number of carbonyl (C=O) groups is 1. The van der Waals surface area contributed by atoms with Crippen molar-refractivity contribution >= 4 is 33.4 Å². The van der Waals surface area contributed by atoms with Crippen LogP contribution in [-0.4, -0.2) is 36.8 Å². The highest BCUT2D eigenvalue weighted by Crippen LogP contribution is 2.22. The third kappa shape index (κ3) is 4.52. The molecule has 2 heterocycles. The lowest BCUT2D eigenvalue weighted by Crippen LogP contribution is -2.39. The van der Waals surface area contributed by atoms with Gasteiger partial charge in [-0.25, -0.2) is 8.42 Å². The van der Waals surface area contributed by atoms with Crippen LogP contribution in [0.15, 0.2) is 53.2 Å². The summed E-state index contributed by atoms with van der Waals surface area (Å²) in [5, 5.41) is 0.549. The molecule has 0 N–H and O–H groups in total. The van der Waals surface area contributed by atoms with Gasteiger partial charge in [-0.3, -0.25) is 4.79 Å². The van der Waals surface area contributed by atoms with Gasteiger partial charge in [-0.2, -0.15) is 0 Å². The molecule has 2 aromatic rings. The number of rotatable bonds is 5. The second-order valence-corrected chi connectivity index (χ2v) is 8.59. The normalized spacial score (nSPS) is 19.3. The first-order valence-electron chi connectivity index (χ1n) is 7.91. The van der Waals surface area contributed by atoms with Gasteiger partial charge in [0.05, 0.1) is 24.3 Å². The van der Waals surface area contributed by atoms with Crippen LogP contribution in [0.3, 0.4) is 0 Å². The van der Waals surface area contributed by atoms with E-state index < -0.39 is 9.84 Å². The number of hydrogen-bond donors (Lipinski definition) is 0. The topological polar surface area (TPSA) is 67.6 Å². The summed E-state index contributed by atoms with van der Waals surface area (Å²) in [6, 6.07) is 10.4. The van der Waals surface area contributed by atoms with Crippen molar-refractivity contribution in [2.75, 3.05) is 11.5 Å². The van der Waals surface area contributed by atoms with Gasteiger partial charge in [-0.15, -0.1) is 0 Å². The Balaban J connectivity index is 1.80. The fraction of sp³-hybridized carbons (Fsp3) is 0.278. The Morgan fingerprint density at radius 1 is 1.28 bits per heavy atom. The molecule has 0 spiro atoms. The Bertz CT molecular complexity index is 874. The number of carbonyl (C=O) groups excluding carboxylic acids is 1. The Kier molecular flexibility index (Phi) is 5.30. The lowest BCUT2D eigenvalue weighted by atomic mass is 10.1. The summed E-state index contributed by atoms with van der Waals surface area (Å²) in [5.74, 6) is 0.440. The molecular weight excluding hydrogens is 362 g/mol. The van der Waals surface area contributed by atoms with Crippen molar-refractivity contribution in [3.63, 3.8) is 0 Å². The van der Waals surface area contributed by atoms with Crippen LogP contribution in [0.4, 0.5) is 0 Å². The first-order valence-corrected chi connectivity index (χ1v) is 10.1. The van der Waals surface area contributed by atoms with Crippen molar-refractivity contribution in [3.8, 4) is 0 Å². The number of amides is 1. The number of nitrogens with zero attached hydrogens (tertiary/aromatic N) is 1. The van der Waals surface area contributed by atoms with E-state index in [9.17, 15) is 13.2 Å². The van der Waals surface area contributed by atoms with Crippen molar-refractivity contribution in [1.82, 2.24) is 4.90 Å². The smallest absolute Gasteiger partial charge is 0.247 e. The van der Waals surface area contributed by atoms with Crippen LogP contribution in [0, 0.1) is 0 Å². The number of hydrogen-bond acceptors (Lipinski definition) is 4. The minimum absolute atomic E-state index is 0.0145. The first-order chi connectivity index (χ1) is 11.9. The van der Waals surface area contributed by atoms with Crippen LogP contribution in [0.25, 0.3) is 6.08 Å². The maximum atomic E-state index is 12.7. The van der Waals surface area contributed by atoms with Crippen molar-refractivity contribution in [2.24, 2.45) is 0 Å². The molecule has 25 heavy (non-hydrogen) atoms. The lowest BCUT2D eigenvalue weighted by Gasteiger charge is -2.26. The van der Waals surface area contributed by atoms with E-state index in [1.165, 1.54) is 12.3 Å². The highest BCUT2D eigenvalue weighted by Gasteiger charge is 2.34. The van der Waals surface area contributed by atoms with Gasteiger partial charge in [0.15, 0.2) is 9.84 Å². The summed E-state index contributed by atoms with van der Waals surface area (Å²) in [4.78, 5) is 14.3. The van der Waals surface area contributed by atoms with Crippen molar-refractivity contribution in [3.05, 3.63) is 65.1 Å². The number of furan rings is 1. The molecule has 1 amide bonds. The molecule has 1 aliphatic rings. The Hall–Kier alpha value is -2.05. The average molecular weight is 380 g/mol. The molecule has 1 aromatic carbocycles. The third-order valence-electron chi connectivity index (χ3n) is 4.15. The summed E-state index contributed by atoms with van der Waals surface area (Å²) in [5.41, 5.74) is 0.731. The second kappa shape index (κ2) is 7.45. The Labute approximate surface area is 151 Å². The summed E-state index contributed by atoms with van der Waals surface area (Å²) in [6.45, 7) is 0.235. The van der Waals surface area contributed by atoms with Crippen LogP contribution >= 0.6 is 11.6 Å². The van der Waals surface area contributed by atoms with Crippen LogP contribution in [0.1, 0.15) is 17.7 Å². The van der Waals surface area contributed by atoms with Gasteiger partial charge in [0.1, 0.15) is 5.76 Å². The van der Waals surface area contributed by atoms with Gasteiger partial charge in [-0.1, -0.05) is 29.8 Å². The van der Waals surface area contributed by atoms with E-state index in [0.717, 1.165) is 5.56 Å². The fourth-order valence-corrected chi connectivity index (χ4v) is 4.78. The van der Waals surface area contributed by atoms with E-state index >= 15 is 0 Å². The maximum Gasteiger partial charge on any atom is 0.247 e. The molecule has 1 fully saturated rings. The second-order valence-electron chi connectivity index (χ2n) is 5.96. The van der Waals surface area contributed by atoms with Gasteiger partial charge in [0, 0.05) is 17.1 Å². The maximum absolute atomic E-state index is 12.7. The summed E-state index contributed by atoms with van der Waals surface area (Å²) < 4.78 is 28.9. The van der Waals surface area contributed by atoms with Gasteiger partial charge in [0.2, 0.25) is 5.91 Å². The molecule has 1 aromatic heterocycles. The largest absolute Gasteiger partial charge is 0.467 e. The van der Waals surface area contributed by atoms with Gasteiger partial charge in [-0.05, 0) is 36.3 Å². The van der Waals surface area contributed by atoms with E-state index in [0.29, 0.717) is 17.2 Å². The zero-order valence-electron chi connectivity index (χ0n) is 13.5. The van der Waals surface area contributed by atoms with Crippen LogP contribution < -0.4 is 0 Å². The molecule has 1 unspecified atom stereocenters. The molecular formula is C18H18ClNO4S. The molecule has 5 nitrogen and oxygen atoms in total.